The molecule has 2 aromatic heterocycles. The lowest BCUT2D eigenvalue weighted by atomic mass is 10.2. The highest BCUT2D eigenvalue weighted by Gasteiger charge is 2.13. The van der Waals surface area contributed by atoms with Gasteiger partial charge in [-0.25, -0.2) is 4.98 Å². The van der Waals surface area contributed by atoms with Crippen LogP contribution in [0.25, 0.3) is 27.6 Å². The molecular weight excluding hydrogens is 412 g/mol. The maximum Gasteiger partial charge on any atom is 0.212 e. The first-order valence-electron chi connectivity index (χ1n) is 7.86. The lowest BCUT2D eigenvalue weighted by Gasteiger charge is -2.01. The van der Waals surface area contributed by atoms with E-state index in [4.69, 9.17) is 10.5 Å². The van der Waals surface area contributed by atoms with Crippen molar-refractivity contribution in [1.82, 2.24) is 14.8 Å². The van der Waals surface area contributed by atoms with Crippen LogP contribution in [0.15, 0.2) is 64.5 Å². The maximum absolute atomic E-state index is 6.17. The molecule has 7 heteroatoms. The quantitative estimate of drug-likeness (QED) is 0.497. The average molecular weight is 427 g/mol. The summed E-state index contributed by atoms with van der Waals surface area (Å²) in [5.41, 5.74) is 9.89. The predicted octanol–water partition coefficient (Wildman–Crippen LogP) is 5.02. The third-order valence-corrected chi connectivity index (χ3v) is 5.28. The van der Waals surface area contributed by atoms with Gasteiger partial charge in [0, 0.05) is 27.0 Å². The van der Waals surface area contributed by atoms with Gasteiger partial charge in [0.1, 0.15) is 11.6 Å². The number of methoxy groups -OCH3 is 1. The zero-order valence-electron chi connectivity index (χ0n) is 13.9. The molecule has 0 fully saturated rings. The summed E-state index contributed by atoms with van der Waals surface area (Å²) in [6.45, 7) is 0. The molecule has 0 saturated heterocycles. The summed E-state index contributed by atoms with van der Waals surface area (Å²) < 4.78 is 7.90. The van der Waals surface area contributed by atoms with Crippen molar-refractivity contribution in [3.8, 4) is 33.4 Å². The minimum Gasteiger partial charge on any atom is -0.497 e. The highest BCUT2D eigenvalue weighted by Crippen LogP contribution is 2.29. The van der Waals surface area contributed by atoms with Gasteiger partial charge in [0.25, 0.3) is 0 Å². The van der Waals surface area contributed by atoms with E-state index < -0.39 is 0 Å². The third-order valence-electron chi connectivity index (χ3n) is 3.94. The number of aromatic nitrogens is 3. The molecule has 0 atom stereocenters. The summed E-state index contributed by atoms with van der Waals surface area (Å²) >= 11 is 4.94. The Labute approximate surface area is 163 Å². The van der Waals surface area contributed by atoms with Gasteiger partial charge in [-0.15, -0.1) is 11.3 Å². The van der Waals surface area contributed by atoms with E-state index in [9.17, 15) is 0 Å². The van der Waals surface area contributed by atoms with Crippen molar-refractivity contribution >= 4 is 33.1 Å². The first-order chi connectivity index (χ1) is 12.6. The maximum atomic E-state index is 6.17. The van der Waals surface area contributed by atoms with Gasteiger partial charge in [0.05, 0.1) is 18.5 Å². The van der Waals surface area contributed by atoms with Crippen molar-refractivity contribution < 1.29 is 4.74 Å². The Morgan fingerprint density at radius 1 is 1.00 bits per heavy atom. The molecule has 0 radical (unpaired) electrons. The number of benzene rings is 2. The van der Waals surface area contributed by atoms with E-state index in [-0.39, 0.29) is 0 Å². The van der Waals surface area contributed by atoms with Gasteiger partial charge < -0.3 is 10.5 Å². The van der Waals surface area contributed by atoms with Gasteiger partial charge in [-0.05, 0) is 36.4 Å². The van der Waals surface area contributed by atoms with Gasteiger partial charge in [-0.1, -0.05) is 28.1 Å². The zero-order chi connectivity index (χ0) is 18.1. The van der Waals surface area contributed by atoms with Crippen LogP contribution in [0.3, 0.4) is 0 Å². The van der Waals surface area contributed by atoms with Crippen molar-refractivity contribution in [1.29, 1.82) is 0 Å². The summed E-state index contributed by atoms with van der Waals surface area (Å²) in [4.78, 5) is 4.68. The first kappa shape index (κ1) is 16.8. The van der Waals surface area contributed by atoms with Gasteiger partial charge in [-0.3, -0.25) is 0 Å². The predicted molar refractivity (Wildman–Crippen MR) is 109 cm³/mol. The molecular formula is C19H15BrN4OS. The second-order valence-corrected chi connectivity index (χ2v) is 7.37. The summed E-state index contributed by atoms with van der Waals surface area (Å²) in [5.74, 6) is 1.37. The number of hydrogen-bond acceptors (Lipinski definition) is 5. The number of anilines is 1. The Balaban J connectivity index is 1.66. The first-order valence-corrected chi connectivity index (χ1v) is 9.53. The van der Waals surface area contributed by atoms with Crippen LogP contribution in [0.4, 0.5) is 5.82 Å². The van der Waals surface area contributed by atoms with Crippen molar-refractivity contribution in [2.75, 3.05) is 12.8 Å². The monoisotopic (exact) mass is 426 g/mol. The number of nitrogens with two attached hydrogens (primary N) is 1. The van der Waals surface area contributed by atoms with Crippen LogP contribution in [-0.2, 0) is 0 Å². The van der Waals surface area contributed by atoms with E-state index >= 15 is 0 Å². The molecule has 4 aromatic rings. The molecule has 2 aromatic carbocycles. The summed E-state index contributed by atoms with van der Waals surface area (Å²) in [7, 11) is 1.65. The molecule has 0 aliphatic rings. The fraction of sp³-hybridized carbons (Fsp3) is 0.0526. The van der Waals surface area contributed by atoms with Gasteiger partial charge >= 0.3 is 0 Å². The smallest absolute Gasteiger partial charge is 0.212 e. The normalized spacial score (nSPS) is 10.8. The number of thiazole rings is 1. The Morgan fingerprint density at radius 2 is 1.65 bits per heavy atom. The topological polar surface area (TPSA) is 66.0 Å². The number of hydrogen-bond donors (Lipinski definition) is 1. The molecule has 0 amide bonds. The SMILES string of the molecule is COc1ccc(-c2csc(-n3nc(-c4ccc(Br)cc4)cc3N)n2)cc1. The molecule has 2 N–H and O–H groups in total. The lowest BCUT2D eigenvalue weighted by Crippen LogP contribution is -2.01. The van der Waals surface area contributed by atoms with E-state index in [0.717, 1.165) is 37.9 Å². The molecule has 0 unspecified atom stereocenters. The highest BCUT2D eigenvalue weighted by molar-refractivity contribution is 9.10. The Hall–Kier alpha value is -2.64. The molecule has 2 heterocycles. The van der Waals surface area contributed by atoms with Crippen LogP contribution in [0.2, 0.25) is 0 Å². The van der Waals surface area contributed by atoms with Crippen molar-refractivity contribution in [2.45, 2.75) is 0 Å². The second-order valence-electron chi connectivity index (χ2n) is 5.62. The van der Waals surface area contributed by atoms with Crippen molar-refractivity contribution in [3.05, 3.63) is 64.5 Å². The van der Waals surface area contributed by atoms with Crippen LogP contribution in [0.1, 0.15) is 0 Å². The molecule has 0 bridgehead atoms. The number of ether oxygens (including phenoxy) is 1. The number of nitrogens with zero attached hydrogens (tertiary/aromatic N) is 3. The van der Waals surface area contributed by atoms with Crippen LogP contribution >= 0.6 is 27.3 Å². The van der Waals surface area contributed by atoms with Crippen LogP contribution in [0, 0.1) is 0 Å². The van der Waals surface area contributed by atoms with Gasteiger partial charge in [0.2, 0.25) is 5.13 Å². The van der Waals surface area contributed by atoms with Gasteiger partial charge in [-0.2, -0.15) is 9.78 Å². The summed E-state index contributed by atoms with van der Waals surface area (Å²) in [6.07, 6.45) is 0. The minimum absolute atomic E-state index is 0.554. The Bertz CT molecular complexity index is 1040. The van der Waals surface area contributed by atoms with Crippen LogP contribution < -0.4 is 10.5 Å². The fourth-order valence-corrected chi connectivity index (χ4v) is 3.63. The summed E-state index contributed by atoms with van der Waals surface area (Å²) in [6, 6.07) is 17.6. The van der Waals surface area contributed by atoms with Crippen molar-refractivity contribution in [3.63, 3.8) is 0 Å². The molecule has 0 saturated carbocycles. The van der Waals surface area contributed by atoms with Crippen LogP contribution in [0.5, 0.6) is 5.75 Å². The summed E-state index contributed by atoms with van der Waals surface area (Å²) in [5, 5.41) is 7.35. The molecule has 26 heavy (non-hydrogen) atoms. The highest BCUT2D eigenvalue weighted by atomic mass is 79.9. The number of halogens is 1. The van der Waals surface area contributed by atoms with Gasteiger partial charge in [0.15, 0.2) is 0 Å². The number of rotatable bonds is 4. The molecule has 0 aliphatic heterocycles. The van der Waals surface area contributed by atoms with E-state index in [1.54, 1.807) is 11.8 Å². The minimum atomic E-state index is 0.554. The lowest BCUT2D eigenvalue weighted by molar-refractivity contribution is 0.415. The fourth-order valence-electron chi connectivity index (χ4n) is 2.57. The largest absolute Gasteiger partial charge is 0.497 e. The molecule has 130 valence electrons. The average Bonchev–Trinajstić information content (AvgIpc) is 3.29. The van der Waals surface area contributed by atoms with Crippen LogP contribution in [-0.4, -0.2) is 21.9 Å². The third kappa shape index (κ3) is 3.23. The number of nitrogen functional groups attached to an aromatic ring is 1. The van der Waals surface area contributed by atoms with E-state index in [1.165, 1.54) is 11.3 Å². The van der Waals surface area contributed by atoms with E-state index in [1.807, 2.05) is 60.0 Å². The Kier molecular flexibility index (Phi) is 4.48. The van der Waals surface area contributed by atoms with Crippen molar-refractivity contribution in [2.24, 2.45) is 0 Å². The molecule has 5 nitrogen and oxygen atoms in total. The second kappa shape index (κ2) is 6.93. The standard InChI is InChI=1S/C19H15BrN4OS/c1-25-15-8-4-13(5-9-15)17-11-26-19(22-17)24-18(21)10-16(23-24)12-2-6-14(20)7-3-12/h2-11H,21H2,1H3. The Morgan fingerprint density at radius 3 is 2.35 bits per heavy atom. The van der Waals surface area contributed by atoms with E-state index in [0.29, 0.717) is 5.82 Å². The van der Waals surface area contributed by atoms with E-state index in [2.05, 4.69) is 26.0 Å². The zero-order valence-corrected chi connectivity index (χ0v) is 16.3. The molecule has 0 aliphatic carbocycles. The molecule has 4 rings (SSSR count). The molecule has 0 spiro atoms.